The fourth-order valence-electron chi connectivity index (χ4n) is 3.44. The Balaban J connectivity index is 1.67. The predicted octanol–water partition coefficient (Wildman–Crippen LogP) is 1.09. The average Bonchev–Trinajstić information content (AvgIpc) is 2.77. The number of amides is 1. The zero-order valence-corrected chi connectivity index (χ0v) is 14.7. The van der Waals surface area contributed by atoms with Gasteiger partial charge in [-0.15, -0.1) is 0 Å². The summed E-state index contributed by atoms with van der Waals surface area (Å²) in [5.41, 5.74) is 0.796. The Kier molecular flexibility index (Phi) is 5.22. The van der Waals surface area contributed by atoms with E-state index in [0.717, 1.165) is 12.0 Å². The van der Waals surface area contributed by atoms with Gasteiger partial charge in [-0.3, -0.25) is 4.79 Å². The van der Waals surface area contributed by atoms with Crippen molar-refractivity contribution < 1.29 is 17.9 Å². The van der Waals surface area contributed by atoms with E-state index >= 15 is 0 Å². The van der Waals surface area contributed by atoms with E-state index in [4.69, 9.17) is 4.74 Å². The summed E-state index contributed by atoms with van der Waals surface area (Å²) in [6.45, 7) is 4.15. The Morgan fingerprint density at radius 3 is 2.67 bits per heavy atom. The summed E-state index contributed by atoms with van der Waals surface area (Å²) in [5, 5.41) is 0. The van der Waals surface area contributed by atoms with Crippen LogP contribution in [0.1, 0.15) is 18.9 Å². The van der Waals surface area contributed by atoms with E-state index in [9.17, 15) is 13.2 Å². The molecule has 2 fully saturated rings. The molecule has 24 heavy (non-hydrogen) atoms. The summed E-state index contributed by atoms with van der Waals surface area (Å²) in [4.78, 5) is 13.4. The molecule has 0 radical (unpaired) electrons. The van der Waals surface area contributed by atoms with Gasteiger partial charge < -0.3 is 9.64 Å². The number of nitrogens with zero attached hydrogens (tertiary/aromatic N) is 2. The van der Waals surface area contributed by atoms with Crippen LogP contribution >= 0.6 is 0 Å². The molecular formula is C17H24N2O4S. The minimum Gasteiger partial charge on any atom is -0.375 e. The van der Waals surface area contributed by atoms with Crippen molar-refractivity contribution in [2.24, 2.45) is 5.92 Å². The van der Waals surface area contributed by atoms with Gasteiger partial charge in [0.25, 0.3) is 0 Å². The van der Waals surface area contributed by atoms with Gasteiger partial charge >= 0.3 is 0 Å². The van der Waals surface area contributed by atoms with Gasteiger partial charge in [0.05, 0.1) is 18.5 Å². The molecule has 2 heterocycles. The Labute approximate surface area is 143 Å². The van der Waals surface area contributed by atoms with Crippen LogP contribution in [0.15, 0.2) is 30.3 Å². The molecule has 0 aromatic heterocycles. The van der Waals surface area contributed by atoms with Gasteiger partial charge in [0.2, 0.25) is 15.9 Å². The second-order valence-electron chi connectivity index (χ2n) is 6.52. The Bertz CT molecular complexity index is 677. The molecule has 6 nitrogen and oxygen atoms in total. The van der Waals surface area contributed by atoms with E-state index in [2.05, 4.69) is 0 Å². The lowest BCUT2D eigenvalue weighted by molar-refractivity contribution is -0.129. The molecule has 1 aromatic carbocycles. The van der Waals surface area contributed by atoms with Crippen molar-refractivity contribution in [2.45, 2.75) is 25.2 Å². The Morgan fingerprint density at radius 1 is 1.21 bits per heavy atom. The molecule has 132 valence electrons. The van der Waals surface area contributed by atoms with Crippen molar-refractivity contribution in [3.63, 3.8) is 0 Å². The average molecular weight is 352 g/mol. The van der Waals surface area contributed by atoms with Crippen molar-refractivity contribution in [3.8, 4) is 0 Å². The van der Waals surface area contributed by atoms with E-state index < -0.39 is 10.0 Å². The van der Waals surface area contributed by atoms with Crippen molar-refractivity contribution in [1.29, 1.82) is 0 Å². The van der Waals surface area contributed by atoms with Crippen LogP contribution in [-0.2, 0) is 25.3 Å². The third-order valence-corrected chi connectivity index (χ3v) is 6.65. The minimum absolute atomic E-state index is 0.0186. The third-order valence-electron chi connectivity index (χ3n) is 4.84. The number of hydrogen-bond acceptors (Lipinski definition) is 4. The van der Waals surface area contributed by atoms with E-state index in [-0.39, 0.29) is 23.7 Å². The number of fused-ring (bicyclic) bond motifs is 1. The lowest BCUT2D eigenvalue weighted by atomic mass is 9.94. The number of hydrogen-bond donors (Lipinski definition) is 0. The fraction of sp³-hybridized carbons (Fsp3) is 0.588. The SMILES string of the molecule is CC(=O)N1CCO[C@H]2CN(S(=O)(=O)Cc3ccccc3)CC[C@H]2C1. The van der Waals surface area contributed by atoms with Crippen LogP contribution in [0.3, 0.4) is 0 Å². The summed E-state index contributed by atoms with van der Waals surface area (Å²) < 4.78 is 32.8. The van der Waals surface area contributed by atoms with Gasteiger partial charge in [-0.05, 0) is 12.0 Å². The molecule has 0 saturated carbocycles. The number of rotatable bonds is 3. The highest BCUT2D eigenvalue weighted by atomic mass is 32.2. The minimum atomic E-state index is -3.36. The molecular weight excluding hydrogens is 328 g/mol. The first-order valence-electron chi connectivity index (χ1n) is 8.34. The molecule has 0 unspecified atom stereocenters. The molecule has 2 aliphatic heterocycles. The number of piperidine rings is 1. The fourth-order valence-corrected chi connectivity index (χ4v) is 4.99. The standard InChI is InChI=1S/C17H24N2O4S/c1-14(20)18-9-10-23-17-12-19(8-7-16(17)11-18)24(21,22)13-15-5-3-2-4-6-15/h2-6,16-17H,7-13H2,1H3/t16-,17-/m0/s1. The van der Waals surface area contributed by atoms with Gasteiger partial charge in [-0.25, -0.2) is 8.42 Å². The van der Waals surface area contributed by atoms with Crippen LogP contribution in [0.4, 0.5) is 0 Å². The van der Waals surface area contributed by atoms with Crippen molar-refractivity contribution in [3.05, 3.63) is 35.9 Å². The zero-order valence-electron chi connectivity index (χ0n) is 13.9. The van der Waals surface area contributed by atoms with Crippen LogP contribution in [0, 0.1) is 5.92 Å². The summed E-state index contributed by atoms with van der Waals surface area (Å²) in [5.74, 6) is 0.281. The second kappa shape index (κ2) is 7.21. The summed E-state index contributed by atoms with van der Waals surface area (Å²) in [6.07, 6.45) is 0.594. The van der Waals surface area contributed by atoms with E-state index in [1.807, 2.05) is 30.3 Å². The highest BCUT2D eigenvalue weighted by molar-refractivity contribution is 7.88. The normalized spacial score (nSPS) is 25.8. The first-order valence-corrected chi connectivity index (χ1v) is 9.95. The maximum atomic E-state index is 12.7. The summed E-state index contributed by atoms with van der Waals surface area (Å²) in [7, 11) is -3.36. The molecule has 3 rings (SSSR count). The first kappa shape index (κ1) is 17.4. The molecule has 1 amide bonds. The molecule has 7 heteroatoms. The topological polar surface area (TPSA) is 66.9 Å². The lowest BCUT2D eigenvalue weighted by Gasteiger charge is -2.37. The third kappa shape index (κ3) is 3.96. The lowest BCUT2D eigenvalue weighted by Crippen LogP contribution is -2.49. The number of benzene rings is 1. The van der Waals surface area contributed by atoms with Crippen LogP contribution in [-0.4, -0.2) is 62.4 Å². The Hall–Kier alpha value is -1.44. The number of carbonyl (C=O) groups is 1. The van der Waals surface area contributed by atoms with Crippen molar-refractivity contribution >= 4 is 15.9 Å². The van der Waals surface area contributed by atoms with E-state index in [1.54, 1.807) is 16.1 Å². The molecule has 1 aromatic rings. The molecule has 0 aliphatic carbocycles. The quantitative estimate of drug-likeness (QED) is 0.817. The largest absolute Gasteiger partial charge is 0.375 e. The van der Waals surface area contributed by atoms with Gasteiger partial charge in [0.15, 0.2) is 0 Å². The van der Waals surface area contributed by atoms with Gasteiger partial charge in [0.1, 0.15) is 0 Å². The zero-order chi connectivity index (χ0) is 17.2. The molecule has 2 saturated heterocycles. The molecule has 2 atom stereocenters. The van der Waals surface area contributed by atoms with Gasteiger partial charge in [0, 0.05) is 39.0 Å². The Morgan fingerprint density at radius 2 is 1.96 bits per heavy atom. The van der Waals surface area contributed by atoms with Crippen LogP contribution < -0.4 is 0 Å². The maximum absolute atomic E-state index is 12.7. The molecule has 2 aliphatic rings. The number of ether oxygens (including phenoxy) is 1. The smallest absolute Gasteiger partial charge is 0.219 e. The maximum Gasteiger partial charge on any atom is 0.219 e. The van der Waals surface area contributed by atoms with E-state index in [0.29, 0.717) is 32.8 Å². The highest BCUT2D eigenvalue weighted by Gasteiger charge is 2.37. The van der Waals surface area contributed by atoms with Crippen LogP contribution in [0.2, 0.25) is 0 Å². The number of carbonyl (C=O) groups excluding carboxylic acids is 1. The van der Waals surface area contributed by atoms with Crippen molar-refractivity contribution in [1.82, 2.24) is 9.21 Å². The monoisotopic (exact) mass is 352 g/mol. The molecule has 0 N–H and O–H groups in total. The predicted molar refractivity (Wildman–Crippen MR) is 90.7 cm³/mol. The summed E-state index contributed by atoms with van der Waals surface area (Å²) >= 11 is 0. The van der Waals surface area contributed by atoms with Crippen molar-refractivity contribution in [2.75, 3.05) is 32.8 Å². The van der Waals surface area contributed by atoms with Crippen LogP contribution in [0.5, 0.6) is 0 Å². The van der Waals surface area contributed by atoms with Gasteiger partial charge in [-0.2, -0.15) is 4.31 Å². The molecule has 0 spiro atoms. The first-order chi connectivity index (χ1) is 11.5. The highest BCUT2D eigenvalue weighted by Crippen LogP contribution is 2.26. The summed E-state index contributed by atoms with van der Waals surface area (Å²) in [6, 6.07) is 9.24. The number of sulfonamides is 1. The van der Waals surface area contributed by atoms with Crippen LogP contribution in [0.25, 0.3) is 0 Å². The molecule has 0 bridgehead atoms. The van der Waals surface area contributed by atoms with Gasteiger partial charge in [-0.1, -0.05) is 30.3 Å². The van der Waals surface area contributed by atoms with E-state index in [1.165, 1.54) is 0 Å². The second-order valence-corrected chi connectivity index (χ2v) is 8.49.